The number of carbonyl (C=O) groups is 3. The summed E-state index contributed by atoms with van der Waals surface area (Å²) in [4.78, 5) is 37.2. The Kier molecular flexibility index (Phi) is 4.11. The van der Waals surface area contributed by atoms with Crippen LogP contribution in [0.5, 0.6) is 0 Å². The van der Waals surface area contributed by atoms with Gasteiger partial charge in [0.05, 0.1) is 16.8 Å². The smallest absolute Gasteiger partial charge is 0.291 e. The molecule has 0 saturated heterocycles. The van der Waals surface area contributed by atoms with E-state index in [1.807, 2.05) is 0 Å². The Morgan fingerprint density at radius 1 is 1.12 bits per heavy atom. The number of hydrogen-bond acceptors (Lipinski definition) is 4. The maximum Gasteiger partial charge on any atom is 0.291 e. The number of rotatable bonds is 4. The van der Waals surface area contributed by atoms with Crippen molar-refractivity contribution in [2.24, 2.45) is 0 Å². The molecule has 0 spiro atoms. The van der Waals surface area contributed by atoms with Gasteiger partial charge in [-0.05, 0) is 38.3 Å². The van der Waals surface area contributed by atoms with Crippen molar-refractivity contribution in [2.45, 2.75) is 45.1 Å². The Labute approximate surface area is 151 Å². The lowest BCUT2D eigenvalue weighted by Gasteiger charge is -2.10. The predicted octanol–water partition coefficient (Wildman–Crippen LogP) is 3.25. The highest BCUT2D eigenvalue weighted by Gasteiger charge is 2.29. The van der Waals surface area contributed by atoms with Crippen molar-refractivity contribution >= 4 is 23.3 Å². The Bertz CT molecular complexity index is 909. The van der Waals surface area contributed by atoms with Gasteiger partial charge in [-0.15, -0.1) is 0 Å². The molecule has 1 aromatic carbocycles. The van der Waals surface area contributed by atoms with Gasteiger partial charge in [0, 0.05) is 24.4 Å². The second-order valence-corrected chi connectivity index (χ2v) is 6.88. The summed E-state index contributed by atoms with van der Waals surface area (Å²) in [6.45, 7) is 1.73. The number of benzene rings is 1. The van der Waals surface area contributed by atoms with Crippen LogP contribution in [-0.2, 0) is 6.42 Å². The maximum atomic E-state index is 12.7. The number of para-hydroxylation sites is 1. The summed E-state index contributed by atoms with van der Waals surface area (Å²) in [6.07, 6.45) is 3.87. The molecule has 1 fully saturated rings. The molecule has 2 aromatic rings. The van der Waals surface area contributed by atoms with Crippen molar-refractivity contribution < 1.29 is 18.8 Å². The Hall–Kier alpha value is -2.89. The van der Waals surface area contributed by atoms with Gasteiger partial charge in [-0.2, -0.15) is 0 Å². The summed E-state index contributed by atoms with van der Waals surface area (Å²) in [6, 6.07) is 7.11. The summed E-state index contributed by atoms with van der Waals surface area (Å²) in [5.41, 5.74) is 1.96. The molecule has 1 aromatic heterocycles. The van der Waals surface area contributed by atoms with E-state index in [1.54, 1.807) is 31.2 Å². The molecule has 2 aliphatic rings. The zero-order valence-electron chi connectivity index (χ0n) is 14.6. The van der Waals surface area contributed by atoms with Crippen molar-refractivity contribution in [1.82, 2.24) is 5.32 Å². The first-order valence-corrected chi connectivity index (χ1v) is 8.91. The second kappa shape index (κ2) is 6.44. The highest BCUT2D eigenvalue weighted by molar-refractivity contribution is 6.10. The molecule has 6 nitrogen and oxygen atoms in total. The summed E-state index contributed by atoms with van der Waals surface area (Å²) < 4.78 is 5.68. The van der Waals surface area contributed by atoms with Gasteiger partial charge in [-0.1, -0.05) is 12.1 Å². The van der Waals surface area contributed by atoms with E-state index < -0.39 is 5.91 Å². The van der Waals surface area contributed by atoms with Gasteiger partial charge in [0.2, 0.25) is 0 Å². The minimum Gasteiger partial charge on any atom is -0.455 e. The number of furan rings is 1. The van der Waals surface area contributed by atoms with E-state index in [-0.39, 0.29) is 23.5 Å². The number of aryl methyl sites for hydroxylation is 1. The number of fused-ring (bicyclic) bond motifs is 1. The van der Waals surface area contributed by atoms with E-state index in [2.05, 4.69) is 10.6 Å². The maximum absolute atomic E-state index is 12.7. The van der Waals surface area contributed by atoms with Gasteiger partial charge in [0.1, 0.15) is 5.76 Å². The lowest BCUT2D eigenvalue weighted by molar-refractivity contribution is 0.0947. The molecule has 134 valence electrons. The second-order valence-electron chi connectivity index (χ2n) is 6.88. The summed E-state index contributed by atoms with van der Waals surface area (Å²) in [7, 11) is 0. The summed E-state index contributed by atoms with van der Waals surface area (Å²) in [5.74, 6) is 0.104. The predicted molar refractivity (Wildman–Crippen MR) is 95.6 cm³/mol. The van der Waals surface area contributed by atoms with E-state index >= 15 is 0 Å². The third kappa shape index (κ3) is 3.03. The molecule has 26 heavy (non-hydrogen) atoms. The normalized spacial score (nSPS) is 16.1. The first-order valence-electron chi connectivity index (χ1n) is 8.91. The number of carbonyl (C=O) groups excluding carboxylic acids is 3. The van der Waals surface area contributed by atoms with Crippen LogP contribution >= 0.6 is 0 Å². The minimum absolute atomic E-state index is 0.0239. The SMILES string of the molecule is Cc1c(C(=O)Nc2ccccc2C(=O)NC2CC2)oc2c1C(=O)CCC2. The number of Topliss-reactive ketones (excluding diaryl/α,β-unsaturated/α-hetero) is 1. The van der Waals surface area contributed by atoms with E-state index in [0.717, 1.165) is 19.3 Å². The van der Waals surface area contributed by atoms with Gasteiger partial charge in [0.15, 0.2) is 11.5 Å². The molecule has 0 bridgehead atoms. The molecule has 0 radical (unpaired) electrons. The summed E-state index contributed by atoms with van der Waals surface area (Å²) in [5, 5.41) is 5.68. The van der Waals surface area contributed by atoms with Crippen LogP contribution in [-0.4, -0.2) is 23.6 Å². The van der Waals surface area contributed by atoms with E-state index in [1.165, 1.54) is 0 Å². The highest BCUT2D eigenvalue weighted by Crippen LogP contribution is 2.30. The van der Waals surface area contributed by atoms with Gasteiger partial charge in [-0.3, -0.25) is 14.4 Å². The Morgan fingerprint density at radius 2 is 1.88 bits per heavy atom. The standard InChI is InChI=1S/C20H20N2O4/c1-11-17-15(23)7-4-8-16(17)26-18(11)20(25)22-14-6-3-2-5-13(14)19(24)21-12-9-10-12/h2-3,5-6,12H,4,7-10H2,1H3,(H,21,24)(H,22,25). The van der Waals surface area contributed by atoms with Gasteiger partial charge in [-0.25, -0.2) is 0 Å². The van der Waals surface area contributed by atoms with Crippen molar-refractivity contribution in [2.75, 3.05) is 5.32 Å². The third-order valence-electron chi connectivity index (χ3n) is 4.84. The average Bonchev–Trinajstić information content (AvgIpc) is 3.36. The zero-order chi connectivity index (χ0) is 18.3. The van der Waals surface area contributed by atoms with E-state index in [4.69, 9.17) is 4.42 Å². The fraction of sp³-hybridized carbons (Fsp3) is 0.350. The molecule has 2 amide bonds. The van der Waals surface area contributed by atoms with Crippen molar-refractivity contribution in [3.63, 3.8) is 0 Å². The van der Waals surface area contributed by atoms with E-state index in [9.17, 15) is 14.4 Å². The number of hydrogen-bond donors (Lipinski definition) is 2. The van der Waals surface area contributed by atoms with Crippen LogP contribution in [0, 0.1) is 6.92 Å². The third-order valence-corrected chi connectivity index (χ3v) is 4.84. The topological polar surface area (TPSA) is 88.4 Å². The quantitative estimate of drug-likeness (QED) is 0.884. The molecule has 1 heterocycles. The number of ketones is 1. The molecular formula is C20H20N2O4. The van der Waals surface area contributed by atoms with Crippen LogP contribution in [0.1, 0.15) is 68.3 Å². The largest absolute Gasteiger partial charge is 0.455 e. The zero-order valence-corrected chi connectivity index (χ0v) is 14.6. The molecule has 6 heteroatoms. The molecule has 2 N–H and O–H groups in total. The van der Waals surface area contributed by atoms with Crippen LogP contribution < -0.4 is 10.6 Å². The van der Waals surface area contributed by atoms with Gasteiger partial charge >= 0.3 is 0 Å². The Morgan fingerprint density at radius 3 is 2.62 bits per heavy atom. The molecule has 4 rings (SSSR count). The van der Waals surface area contributed by atoms with Gasteiger partial charge < -0.3 is 15.1 Å². The van der Waals surface area contributed by atoms with Gasteiger partial charge in [0.25, 0.3) is 11.8 Å². The van der Waals surface area contributed by atoms with Crippen LogP contribution in [0.3, 0.4) is 0 Å². The van der Waals surface area contributed by atoms with E-state index in [0.29, 0.717) is 41.0 Å². The molecule has 0 aliphatic heterocycles. The first-order chi connectivity index (χ1) is 12.5. The lowest BCUT2D eigenvalue weighted by atomic mass is 9.94. The van der Waals surface area contributed by atoms with Crippen LogP contribution in [0.15, 0.2) is 28.7 Å². The highest BCUT2D eigenvalue weighted by atomic mass is 16.4. The fourth-order valence-electron chi connectivity index (χ4n) is 3.33. The summed E-state index contributed by atoms with van der Waals surface area (Å²) >= 11 is 0. The Balaban J connectivity index is 1.59. The fourth-order valence-corrected chi connectivity index (χ4v) is 3.33. The molecule has 2 aliphatic carbocycles. The van der Waals surface area contributed by atoms with Crippen molar-refractivity contribution in [1.29, 1.82) is 0 Å². The van der Waals surface area contributed by atoms with Crippen LogP contribution in [0.25, 0.3) is 0 Å². The number of nitrogens with one attached hydrogen (secondary N) is 2. The van der Waals surface area contributed by atoms with Crippen molar-refractivity contribution in [3.05, 3.63) is 52.5 Å². The van der Waals surface area contributed by atoms with Crippen LogP contribution in [0.2, 0.25) is 0 Å². The van der Waals surface area contributed by atoms with Crippen molar-refractivity contribution in [3.8, 4) is 0 Å². The molecular weight excluding hydrogens is 332 g/mol. The molecule has 1 saturated carbocycles. The van der Waals surface area contributed by atoms with Crippen LogP contribution in [0.4, 0.5) is 5.69 Å². The monoisotopic (exact) mass is 352 g/mol. The average molecular weight is 352 g/mol. The molecule has 0 unspecified atom stereocenters. The first kappa shape index (κ1) is 16.6. The number of amides is 2. The number of anilines is 1. The minimum atomic E-state index is -0.448. The lowest BCUT2D eigenvalue weighted by Crippen LogP contribution is -2.27. The molecule has 0 atom stereocenters.